The van der Waals surface area contributed by atoms with Crippen LogP contribution in [0.3, 0.4) is 0 Å². The second-order valence-electron chi connectivity index (χ2n) is 6.91. The number of carbonyl (C=O) groups excluding carboxylic acids is 1. The first-order chi connectivity index (χ1) is 12.0. The Morgan fingerprint density at radius 3 is 2.76 bits per heavy atom. The lowest BCUT2D eigenvalue weighted by atomic mass is 9.95. The molecule has 0 aliphatic heterocycles. The van der Waals surface area contributed by atoms with E-state index < -0.39 is 0 Å². The highest BCUT2D eigenvalue weighted by molar-refractivity contribution is 7.99. The minimum absolute atomic E-state index is 0.100. The lowest BCUT2D eigenvalue weighted by Gasteiger charge is -2.22. The number of hydrogen-bond acceptors (Lipinski definition) is 5. The fraction of sp³-hybridized carbons (Fsp3) is 0.611. The zero-order chi connectivity index (χ0) is 17.8. The summed E-state index contributed by atoms with van der Waals surface area (Å²) in [4.78, 5) is 13.5. The molecule has 1 N–H and O–H groups in total. The topological polar surface area (TPSA) is 59.8 Å². The van der Waals surface area contributed by atoms with E-state index in [4.69, 9.17) is 0 Å². The molecule has 2 aromatic rings. The number of thioether (sulfide) groups is 1. The van der Waals surface area contributed by atoms with Crippen LogP contribution < -0.4 is 5.32 Å². The van der Waals surface area contributed by atoms with Gasteiger partial charge in [0.05, 0.1) is 5.75 Å². The van der Waals surface area contributed by atoms with E-state index in [2.05, 4.69) is 52.3 Å². The minimum Gasteiger partial charge on any atom is -0.353 e. The van der Waals surface area contributed by atoms with Crippen LogP contribution in [0, 0.1) is 6.92 Å². The monoisotopic (exact) mass is 378 g/mol. The predicted octanol–water partition coefficient (Wildman–Crippen LogP) is 4.44. The first-order valence-corrected chi connectivity index (χ1v) is 10.8. The molecule has 1 aliphatic rings. The molecule has 0 aromatic carbocycles. The molecule has 1 fully saturated rings. The van der Waals surface area contributed by atoms with E-state index in [1.165, 1.54) is 35.9 Å². The number of amides is 1. The maximum absolute atomic E-state index is 12.3. The summed E-state index contributed by atoms with van der Waals surface area (Å²) in [6.07, 6.45) is 5.97. The van der Waals surface area contributed by atoms with Gasteiger partial charge in [-0.1, -0.05) is 31.0 Å². The number of aromatic nitrogens is 3. The molecule has 136 valence electrons. The molecular formula is C18H26N4OS2. The average Bonchev–Trinajstić information content (AvgIpc) is 3.19. The van der Waals surface area contributed by atoms with Gasteiger partial charge in [-0.05, 0) is 39.7 Å². The molecule has 1 saturated carbocycles. The van der Waals surface area contributed by atoms with Crippen molar-refractivity contribution in [3.8, 4) is 11.4 Å². The summed E-state index contributed by atoms with van der Waals surface area (Å²) >= 11 is 3.19. The van der Waals surface area contributed by atoms with E-state index in [1.807, 2.05) is 0 Å². The van der Waals surface area contributed by atoms with Gasteiger partial charge in [0.25, 0.3) is 0 Å². The summed E-state index contributed by atoms with van der Waals surface area (Å²) in [5.74, 6) is 1.38. The van der Waals surface area contributed by atoms with E-state index in [9.17, 15) is 4.79 Å². The third-order valence-corrected chi connectivity index (χ3v) is 6.28. The Balaban J connectivity index is 1.66. The highest BCUT2D eigenvalue weighted by atomic mass is 32.2. The van der Waals surface area contributed by atoms with Gasteiger partial charge >= 0.3 is 0 Å². The van der Waals surface area contributed by atoms with Crippen molar-refractivity contribution in [2.24, 2.45) is 0 Å². The first kappa shape index (κ1) is 18.5. The molecule has 1 aliphatic carbocycles. The van der Waals surface area contributed by atoms with Gasteiger partial charge < -0.3 is 5.32 Å². The normalized spacial score (nSPS) is 15.7. The maximum atomic E-state index is 12.3. The first-order valence-electron chi connectivity index (χ1n) is 8.97. The van der Waals surface area contributed by atoms with Gasteiger partial charge in [-0.3, -0.25) is 9.36 Å². The fourth-order valence-corrected chi connectivity index (χ4v) is 4.80. The number of thiophene rings is 1. The Hall–Kier alpha value is -1.34. The van der Waals surface area contributed by atoms with Crippen molar-refractivity contribution in [2.45, 2.75) is 70.1 Å². The Morgan fingerprint density at radius 2 is 2.12 bits per heavy atom. The predicted molar refractivity (Wildman–Crippen MR) is 104 cm³/mol. The smallest absolute Gasteiger partial charge is 0.230 e. The van der Waals surface area contributed by atoms with Gasteiger partial charge in [-0.25, -0.2) is 0 Å². The van der Waals surface area contributed by atoms with Crippen molar-refractivity contribution in [3.05, 3.63) is 16.3 Å². The maximum Gasteiger partial charge on any atom is 0.230 e. The van der Waals surface area contributed by atoms with Crippen molar-refractivity contribution in [3.63, 3.8) is 0 Å². The molecule has 0 bridgehead atoms. The Labute approximate surface area is 157 Å². The van der Waals surface area contributed by atoms with Crippen molar-refractivity contribution >= 4 is 29.0 Å². The average molecular weight is 379 g/mol. The number of nitrogens with one attached hydrogen (secondary N) is 1. The van der Waals surface area contributed by atoms with Crippen LogP contribution in [0.1, 0.15) is 56.9 Å². The number of rotatable bonds is 6. The van der Waals surface area contributed by atoms with Crippen LogP contribution in [0.4, 0.5) is 0 Å². The quantitative estimate of drug-likeness (QED) is 0.755. The molecule has 2 heterocycles. The molecule has 0 atom stereocenters. The van der Waals surface area contributed by atoms with Crippen molar-refractivity contribution in [1.29, 1.82) is 0 Å². The molecule has 7 heteroatoms. The standard InChI is InChI=1S/C18H26N4OS2/c1-12(2)22-17(14-9-13(3)24-10-14)20-21-18(22)25-11-16(23)19-15-7-5-4-6-8-15/h9-10,12,15H,4-8,11H2,1-3H3,(H,19,23). The molecule has 0 spiro atoms. The van der Waals surface area contributed by atoms with Crippen LogP contribution in [-0.2, 0) is 4.79 Å². The van der Waals surface area contributed by atoms with Crippen molar-refractivity contribution in [1.82, 2.24) is 20.1 Å². The molecule has 2 aromatic heterocycles. The van der Waals surface area contributed by atoms with E-state index in [1.54, 1.807) is 11.3 Å². The zero-order valence-electron chi connectivity index (χ0n) is 15.1. The molecule has 3 rings (SSSR count). The SMILES string of the molecule is Cc1cc(-c2nnc(SCC(=O)NC3CCCCC3)n2C(C)C)cs1. The molecule has 5 nitrogen and oxygen atoms in total. The Kier molecular flexibility index (Phi) is 6.17. The number of carbonyl (C=O) groups is 1. The molecule has 0 radical (unpaired) electrons. The van der Waals surface area contributed by atoms with E-state index in [-0.39, 0.29) is 11.9 Å². The van der Waals surface area contributed by atoms with E-state index in [0.29, 0.717) is 11.8 Å². The summed E-state index contributed by atoms with van der Waals surface area (Å²) < 4.78 is 2.13. The summed E-state index contributed by atoms with van der Waals surface area (Å²) in [5.41, 5.74) is 1.10. The summed E-state index contributed by atoms with van der Waals surface area (Å²) in [5, 5.41) is 14.8. The number of hydrogen-bond donors (Lipinski definition) is 1. The van der Waals surface area contributed by atoms with Crippen LogP contribution in [0.15, 0.2) is 16.6 Å². The molecule has 0 saturated heterocycles. The van der Waals surface area contributed by atoms with Gasteiger partial charge in [0.2, 0.25) is 5.91 Å². The van der Waals surface area contributed by atoms with Crippen molar-refractivity contribution in [2.75, 3.05) is 5.75 Å². The fourth-order valence-electron chi connectivity index (χ4n) is 3.24. The molecular weight excluding hydrogens is 352 g/mol. The van der Waals surface area contributed by atoms with Crippen LogP contribution in [0.5, 0.6) is 0 Å². The summed E-state index contributed by atoms with van der Waals surface area (Å²) in [6, 6.07) is 2.74. The second kappa shape index (κ2) is 8.36. The third kappa shape index (κ3) is 4.64. The van der Waals surface area contributed by atoms with Crippen LogP contribution in [-0.4, -0.2) is 32.5 Å². The highest BCUT2D eigenvalue weighted by Crippen LogP contribution is 2.30. The van der Waals surface area contributed by atoms with Crippen LogP contribution in [0.2, 0.25) is 0 Å². The van der Waals surface area contributed by atoms with Gasteiger partial charge in [0, 0.05) is 27.9 Å². The van der Waals surface area contributed by atoms with Gasteiger partial charge in [0.15, 0.2) is 11.0 Å². The Bertz CT molecular complexity index is 716. The lowest BCUT2D eigenvalue weighted by Crippen LogP contribution is -2.37. The Morgan fingerprint density at radius 1 is 1.36 bits per heavy atom. The van der Waals surface area contributed by atoms with Gasteiger partial charge in [-0.2, -0.15) is 0 Å². The summed E-state index contributed by atoms with van der Waals surface area (Å²) in [6.45, 7) is 6.34. The summed E-state index contributed by atoms with van der Waals surface area (Å²) in [7, 11) is 0. The zero-order valence-corrected chi connectivity index (χ0v) is 16.8. The molecule has 25 heavy (non-hydrogen) atoms. The number of aryl methyl sites for hydroxylation is 1. The van der Waals surface area contributed by atoms with Crippen LogP contribution in [0.25, 0.3) is 11.4 Å². The van der Waals surface area contributed by atoms with Crippen molar-refractivity contribution < 1.29 is 4.79 Å². The molecule has 1 amide bonds. The lowest BCUT2D eigenvalue weighted by molar-refractivity contribution is -0.119. The molecule has 0 unspecified atom stereocenters. The highest BCUT2D eigenvalue weighted by Gasteiger charge is 2.20. The van der Waals surface area contributed by atoms with E-state index >= 15 is 0 Å². The number of nitrogens with zero attached hydrogens (tertiary/aromatic N) is 3. The largest absolute Gasteiger partial charge is 0.353 e. The van der Waals surface area contributed by atoms with Crippen LogP contribution >= 0.6 is 23.1 Å². The minimum atomic E-state index is 0.100. The third-order valence-electron chi connectivity index (χ3n) is 4.47. The second-order valence-corrected chi connectivity index (χ2v) is 8.96. The van der Waals surface area contributed by atoms with E-state index in [0.717, 1.165) is 29.4 Å². The van der Waals surface area contributed by atoms with Gasteiger partial charge in [-0.15, -0.1) is 21.5 Å². The van der Waals surface area contributed by atoms with Gasteiger partial charge in [0.1, 0.15) is 0 Å².